The van der Waals surface area contributed by atoms with Crippen molar-refractivity contribution >= 4 is 35.6 Å². The maximum Gasteiger partial charge on any atom is 0.208 e. The topological polar surface area (TPSA) is 79.7 Å². The third-order valence-corrected chi connectivity index (χ3v) is 5.91. The van der Waals surface area contributed by atoms with Gasteiger partial charge in [-0.05, 0) is 69.7 Å². The average Bonchev–Trinajstić information content (AvgIpc) is 3.04. The lowest BCUT2D eigenvalue weighted by molar-refractivity contribution is 0.166. The number of nitrogens with two attached hydrogens (primary N) is 1. The molecular weight excluding hydrogens is 489 g/mol. The Morgan fingerprint density at radius 1 is 1.20 bits per heavy atom. The lowest BCUT2D eigenvalue weighted by Crippen LogP contribution is -2.34. The number of hydrogen-bond acceptors (Lipinski definition) is 4. The Morgan fingerprint density at radius 3 is 2.37 bits per heavy atom. The first-order valence-corrected chi connectivity index (χ1v) is 10.8. The standard InChI is InChI=1S/C23H35N5O.HI/c1-5-19-8-7-9-20(6-2)22(19)27-23(24)25-14-18-10-12-28(13-11-18)15-21-26-16(3)17(4)29-21;/h7-9,18H,5-6,10-15H2,1-4H3,(H3,24,25,27);1H. The van der Waals surface area contributed by atoms with Crippen LogP contribution in [0.5, 0.6) is 0 Å². The lowest BCUT2D eigenvalue weighted by Gasteiger charge is -2.30. The van der Waals surface area contributed by atoms with E-state index in [0.717, 1.165) is 74.9 Å². The number of oxazole rings is 1. The Balaban J connectivity index is 0.00000320. The van der Waals surface area contributed by atoms with Gasteiger partial charge < -0.3 is 15.5 Å². The number of anilines is 1. The molecule has 0 radical (unpaired) electrons. The van der Waals surface area contributed by atoms with Gasteiger partial charge in [0.05, 0.1) is 12.2 Å². The van der Waals surface area contributed by atoms with Gasteiger partial charge in [-0.15, -0.1) is 24.0 Å². The number of likely N-dealkylation sites (tertiary alicyclic amines) is 1. The average molecular weight is 525 g/mol. The van der Waals surface area contributed by atoms with Crippen LogP contribution in [0.4, 0.5) is 5.69 Å². The molecule has 1 fully saturated rings. The smallest absolute Gasteiger partial charge is 0.208 e. The lowest BCUT2D eigenvalue weighted by atomic mass is 9.97. The number of aromatic nitrogens is 1. The fraction of sp³-hybridized carbons (Fsp3) is 0.565. The van der Waals surface area contributed by atoms with Crippen molar-refractivity contribution in [2.75, 3.05) is 25.0 Å². The van der Waals surface area contributed by atoms with Gasteiger partial charge >= 0.3 is 0 Å². The molecule has 0 bridgehead atoms. The van der Waals surface area contributed by atoms with E-state index in [1.165, 1.54) is 11.1 Å². The van der Waals surface area contributed by atoms with Crippen LogP contribution in [0.3, 0.4) is 0 Å². The van der Waals surface area contributed by atoms with Gasteiger partial charge in [0.25, 0.3) is 0 Å². The van der Waals surface area contributed by atoms with Crippen molar-refractivity contribution in [3.63, 3.8) is 0 Å². The third kappa shape index (κ3) is 6.44. The number of aliphatic imine (C=N–C) groups is 1. The van der Waals surface area contributed by atoms with E-state index in [-0.39, 0.29) is 24.0 Å². The molecule has 3 N–H and O–H groups in total. The molecule has 0 amide bonds. The summed E-state index contributed by atoms with van der Waals surface area (Å²) in [5.41, 5.74) is 10.9. The number of piperidine rings is 1. The zero-order valence-electron chi connectivity index (χ0n) is 18.7. The van der Waals surface area contributed by atoms with Gasteiger partial charge in [0.15, 0.2) is 5.96 Å². The molecule has 0 spiro atoms. The summed E-state index contributed by atoms with van der Waals surface area (Å²) in [6.45, 7) is 12.0. The van der Waals surface area contributed by atoms with Crippen molar-refractivity contribution in [3.8, 4) is 0 Å². The maximum atomic E-state index is 6.22. The van der Waals surface area contributed by atoms with Gasteiger partial charge in [-0.2, -0.15) is 0 Å². The van der Waals surface area contributed by atoms with Crippen molar-refractivity contribution < 1.29 is 4.42 Å². The van der Waals surface area contributed by atoms with Gasteiger partial charge in [0.1, 0.15) is 5.76 Å². The largest absolute Gasteiger partial charge is 0.444 e. The Morgan fingerprint density at radius 2 is 1.83 bits per heavy atom. The van der Waals surface area contributed by atoms with Crippen molar-refractivity contribution in [1.82, 2.24) is 9.88 Å². The minimum Gasteiger partial charge on any atom is -0.444 e. The summed E-state index contributed by atoms with van der Waals surface area (Å²) in [4.78, 5) is 11.6. The Labute approximate surface area is 197 Å². The highest BCUT2D eigenvalue weighted by Crippen LogP contribution is 2.23. The van der Waals surface area contributed by atoms with E-state index in [2.05, 4.69) is 52.2 Å². The quantitative estimate of drug-likeness (QED) is 0.312. The molecule has 2 heterocycles. The molecule has 0 saturated carbocycles. The highest BCUT2D eigenvalue weighted by Gasteiger charge is 2.21. The molecule has 6 nitrogen and oxygen atoms in total. The van der Waals surface area contributed by atoms with Crippen LogP contribution < -0.4 is 11.1 Å². The van der Waals surface area contributed by atoms with Crippen LogP contribution in [-0.4, -0.2) is 35.5 Å². The number of benzene rings is 1. The van der Waals surface area contributed by atoms with Crippen molar-refractivity contribution in [2.24, 2.45) is 16.6 Å². The summed E-state index contributed by atoms with van der Waals surface area (Å²) < 4.78 is 5.72. The molecule has 0 aliphatic carbocycles. The summed E-state index contributed by atoms with van der Waals surface area (Å²) in [6, 6.07) is 6.42. The Kier molecular flexibility index (Phi) is 9.61. The van der Waals surface area contributed by atoms with E-state index in [1.54, 1.807) is 0 Å². The van der Waals surface area contributed by atoms with Crippen LogP contribution in [-0.2, 0) is 19.4 Å². The first-order chi connectivity index (χ1) is 14.0. The number of nitrogens with one attached hydrogen (secondary N) is 1. The normalized spacial score (nSPS) is 15.8. The summed E-state index contributed by atoms with van der Waals surface area (Å²) in [7, 11) is 0. The number of guanidine groups is 1. The molecule has 1 aliphatic heterocycles. The van der Waals surface area contributed by atoms with Crippen LogP contribution in [0, 0.1) is 19.8 Å². The monoisotopic (exact) mass is 525 g/mol. The number of rotatable bonds is 7. The van der Waals surface area contributed by atoms with Crippen LogP contribution in [0.2, 0.25) is 0 Å². The first-order valence-electron chi connectivity index (χ1n) is 10.8. The number of nitrogens with zero attached hydrogens (tertiary/aromatic N) is 3. The van der Waals surface area contributed by atoms with E-state index < -0.39 is 0 Å². The maximum absolute atomic E-state index is 6.22. The predicted molar refractivity (Wildman–Crippen MR) is 135 cm³/mol. The van der Waals surface area contributed by atoms with Crippen LogP contribution in [0.25, 0.3) is 0 Å². The highest BCUT2D eigenvalue weighted by atomic mass is 127. The van der Waals surface area contributed by atoms with Gasteiger partial charge in [-0.3, -0.25) is 9.89 Å². The van der Waals surface area contributed by atoms with Crippen molar-refractivity contribution in [1.29, 1.82) is 0 Å². The molecule has 0 atom stereocenters. The molecule has 0 unspecified atom stereocenters. The minimum absolute atomic E-state index is 0. The highest BCUT2D eigenvalue weighted by molar-refractivity contribution is 14.0. The van der Waals surface area contributed by atoms with E-state index in [1.807, 2.05) is 13.8 Å². The predicted octanol–water partition coefficient (Wildman–Crippen LogP) is 4.67. The number of aryl methyl sites for hydroxylation is 4. The van der Waals surface area contributed by atoms with E-state index >= 15 is 0 Å². The fourth-order valence-corrected chi connectivity index (χ4v) is 3.92. The van der Waals surface area contributed by atoms with Crippen molar-refractivity contribution in [3.05, 3.63) is 46.7 Å². The van der Waals surface area contributed by atoms with Gasteiger partial charge in [-0.1, -0.05) is 32.0 Å². The Bertz CT molecular complexity index is 798. The molecule has 1 aromatic heterocycles. The second-order valence-electron chi connectivity index (χ2n) is 7.98. The van der Waals surface area contributed by atoms with Crippen LogP contribution >= 0.6 is 24.0 Å². The summed E-state index contributed by atoms with van der Waals surface area (Å²) in [5, 5.41) is 3.37. The molecule has 2 aromatic rings. The number of halogens is 1. The summed E-state index contributed by atoms with van der Waals surface area (Å²) in [6.07, 6.45) is 4.21. The second kappa shape index (κ2) is 11.7. The molecule has 166 valence electrons. The Hall–Kier alpha value is -1.61. The van der Waals surface area contributed by atoms with E-state index in [4.69, 9.17) is 10.2 Å². The third-order valence-electron chi connectivity index (χ3n) is 5.91. The second-order valence-corrected chi connectivity index (χ2v) is 7.98. The molecule has 1 aliphatic rings. The first kappa shape index (κ1) is 24.7. The minimum atomic E-state index is 0. The molecule has 30 heavy (non-hydrogen) atoms. The fourth-order valence-electron chi connectivity index (χ4n) is 3.92. The number of hydrogen-bond donors (Lipinski definition) is 2. The zero-order valence-corrected chi connectivity index (χ0v) is 21.0. The van der Waals surface area contributed by atoms with Gasteiger partial charge in [0.2, 0.25) is 5.89 Å². The van der Waals surface area contributed by atoms with E-state index in [0.29, 0.717) is 11.9 Å². The van der Waals surface area contributed by atoms with Crippen LogP contribution in [0.15, 0.2) is 27.6 Å². The molecule has 1 saturated heterocycles. The molecule has 7 heteroatoms. The van der Waals surface area contributed by atoms with E-state index in [9.17, 15) is 0 Å². The van der Waals surface area contributed by atoms with Crippen molar-refractivity contribution in [2.45, 2.75) is 59.9 Å². The van der Waals surface area contributed by atoms with Gasteiger partial charge in [-0.25, -0.2) is 4.98 Å². The zero-order chi connectivity index (χ0) is 20.8. The number of para-hydroxylation sites is 1. The summed E-state index contributed by atoms with van der Waals surface area (Å²) in [5.74, 6) is 2.84. The molecule has 3 rings (SSSR count). The SMILES string of the molecule is CCc1cccc(CC)c1NC(N)=NCC1CCN(Cc2nc(C)c(C)o2)CC1.I. The van der Waals surface area contributed by atoms with Gasteiger partial charge in [0, 0.05) is 12.2 Å². The van der Waals surface area contributed by atoms with Crippen LogP contribution in [0.1, 0.15) is 55.2 Å². The molecule has 1 aromatic carbocycles. The summed E-state index contributed by atoms with van der Waals surface area (Å²) >= 11 is 0. The molecular formula is C23H36IN5O.